The molecule has 1 amide bonds. The maximum Gasteiger partial charge on any atom is 0.287 e. The molecule has 0 saturated carbocycles. The van der Waals surface area contributed by atoms with Crippen molar-refractivity contribution in [2.75, 3.05) is 6.61 Å². The highest BCUT2D eigenvalue weighted by atomic mass is 19.1. The zero-order chi connectivity index (χ0) is 15.4. The molecular weight excluding hydrogens is 273 g/mol. The Morgan fingerprint density at radius 3 is 2.67 bits per heavy atom. The molecule has 5 heteroatoms. The van der Waals surface area contributed by atoms with E-state index in [1.165, 1.54) is 12.1 Å². The van der Waals surface area contributed by atoms with Gasteiger partial charge < -0.3 is 14.8 Å². The molecule has 112 valence electrons. The molecule has 0 saturated heterocycles. The molecule has 2 aromatic rings. The van der Waals surface area contributed by atoms with E-state index in [9.17, 15) is 9.18 Å². The highest BCUT2D eigenvalue weighted by Crippen LogP contribution is 2.24. The first-order valence-electron chi connectivity index (χ1n) is 6.79. The van der Waals surface area contributed by atoms with Gasteiger partial charge in [0.15, 0.2) is 5.76 Å². The predicted molar refractivity (Wildman–Crippen MR) is 77.3 cm³/mol. The van der Waals surface area contributed by atoms with Crippen LogP contribution in [0.1, 0.15) is 24.4 Å². The molecule has 21 heavy (non-hydrogen) atoms. The lowest BCUT2D eigenvalue weighted by molar-refractivity contribution is 0.0889. The van der Waals surface area contributed by atoms with E-state index >= 15 is 0 Å². The molecule has 0 fully saturated rings. The van der Waals surface area contributed by atoms with Crippen molar-refractivity contribution in [1.82, 2.24) is 5.32 Å². The molecule has 0 aliphatic heterocycles. The predicted octanol–water partition coefficient (Wildman–Crippen LogP) is 2.83. The number of hydrogen-bond donors (Lipinski definition) is 2. The Morgan fingerprint density at radius 1 is 1.29 bits per heavy atom. The average Bonchev–Trinajstić information content (AvgIpc) is 2.96. The van der Waals surface area contributed by atoms with E-state index in [1.54, 1.807) is 31.2 Å². The van der Waals surface area contributed by atoms with Crippen LogP contribution in [0.4, 0.5) is 4.39 Å². The van der Waals surface area contributed by atoms with Crippen molar-refractivity contribution in [2.45, 2.75) is 19.9 Å². The topological polar surface area (TPSA) is 62.5 Å². The number of aliphatic hydroxyl groups excluding tert-OH is 1. The number of aliphatic hydroxyl groups is 1. The Hall–Kier alpha value is -2.14. The lowest BCUT2D eigenvalue weighted by atomic mass is 10.1. The minimum absolute atomic E-state index is 0.0138. The lowest BCUT2D eigenvalue weighted by Gasteiger charge is -2.18. The zero-order valence-corrected chi connectivity index (χ0v) is 12.0. The third-order valence-electron chi connectivity index (χ3n) is 3.47. The molecule has 1 aromatic carbocycles. The summed E-state index contributed by atoms with van der Waals surface area (Å²) in [6, 6.07) is 9.10. The van der Waals surface area contributed by atoms with Crippen LogP contribution in [0.5, 0.6) is 0 Å². The van der Waals surface area contributed by atoms with E-state index in [-0.39, 0.29) is 30.2 Å². The van der Waals surface area contributed by atoms with Crippen molar-refractivity contribution in [3.05, 3.63) is 48.0 Å². The third-order valence-corrected chi connectivity index (χ3v) is 3.47. The zero-order valence-electron chi connectivity index (χ0n) is 12.0. The first kappa shape index (κ1) is 15.3. The molecule has 0 aliphatic carbocycles. The SMILES string of the molecule is CC(CO)C(C)NC(=O)c1ccc(-c2ccccc2F)o1. The normalized spacial score (nSPS) is 13.7. The minimum Gasteiger partial charge on any atom is -0.451 e. The number of benzene rings is 1. The Labute approximate surface area is 122 Å². The molecule has 2 rings (SSSR count). The number of furan rings is 1. The van der Waals surface area contributed by atoms with E-state index in [4.69, 9.17) is 9.52 Å². The van der Waals surface area contributed by atoms with Crippen molar-refractivity contribution >= 4 is 5.91 Å². The molecule has 4 nitrogen and oxygen atoms in total. The van der Waals surface area contributed by atoms with Crippen molar-refractivity contribution in [1.29, 1.82) is 0 Å². The van der Waals surface area contributed by atoms with Crippen LogP contribution in [0.3, 0.4) is 0 Å². The molecule has 0 bridgehead atoms. The summed E-state index contributed by atoms with van der Waals surface area (Å²) in [5, 5.41) is 11.8. The van der Waals surface area contributed by atoms with Gasteiger partial charge in [0.2, 0.25) is 0 Å². The van der Waals surface area contributed by atoms with Crippen LogP contribution in [-0.2, 0) is 0 Å². The second-order valence-electron chi connectivity index (χ2n) is 5.07. The number of rotatable bonds is 5. The fourth-order valence-corrected chi connectivity index (χ4v) is 1.84. The van der Waals surface area contributed by atoms with Crippen LogP contribution in [0, 0.1) is 11.7 Å². The van der Waals surface area contributed by atoms with E-state index in [0.717, 1.165) is 0 Å². The quantitative estimate of drug-likeness (QED) is 0.890. The average molecular weight is 291 g/mol. The van der Waals surface area contributed by atoms with Gasteiger partial charge in [0.05, 0.1) is 5.56 Å². The summed E-state index contributed by atoms with van der Waals surface area (Å²) >= 11 is 0. The molecule has 1 heterocycles. The summed E-state index contributed by atoms with van der Waals surface area (Å²) in [4.78, 5) is 12.0. The first-order valence-corrected chi connectivity index (χ1v) is 6.79. The smallest absolute Gasteiger partial charge is 0.287 e. The minimum atomic E-state index is -0.402. The van der Waals surface area contributed by atoms with Crippen molar-refractivity contribution in [3.8, 4) is 11.3 Å². The molecule has 0 aliphatic rings. The summed E-state index contributed by atoms with van der Waals surface area (Å²) in [6.07, 6.45) is 0. The van der Waals surface area contributed by atoms with Gasteiger partial charge in [0.1, 0.15) is 11.6 Å². The van der Waals surface area contributed by atoms with Crippen LogP contribution in [0.2, 0.25) is 0 Å². The summed E-state index contributed by atoms with van der Waals surface area (Å²) in [5.41, 5.74) is 0.313. The summed E-state index contributed by atoms with van der Waals surface area (Å²) in [6.45, 7) is 3.62. The van der Waals surface area contributed by atoms with E-state index < -0.39 is 5.82 Å². The third kappa shape index (κ3) is 3.49. The number of nitrogens with one attached hydrogen (secondary N) is 1. The first-order chi connectivity index (χ1) is 10.0. The van der Waals surface area contributed by atoms with Crippen LogP contribution >= 0.6 is 0 Å². The molecule has 2 unspecified atom stereocenters. The van der Waals surface area contributed by atoms with Crippen molar-refractivity contribution in [2.24, 2.45) is 5.92 Å². The summed E-state index contributed by atoms with van der Waals surface area (Å²) in [7, 11) is 0. The second-order valence-corrected chi connectivity index (χ2v) is 5.07. The summed E-state index contributed by atoms with van der Waals surface area (Å²) < 4.78 is 19.1. The lowest BCUT2D eigenvalue weighted by Crippen LogP contribution is -2.38. The van der Waals surface area contributed by atoms with Gasteiger partial charge in [-0.05, 0) is 37.1 Å². The Balaban J connectivity index is 2.13. The van der Waals surface area contributed by atoms with Crippen LogP contribution in [0.15, 0.2) is 40.8 Å². The highest BCUT2D eigenvalue weighted by molar-refractivity contribution is 5.92. The van der Waals surface area contributed by atoms with Crippen LogP contribution < -0.4 is 5.32 Å². The number of carbonyl (C=O) groups excluding carboxylic acids is 1. The standard InChI is InChI=1S/C16H18FNO3/c1-10(9-19)11(2)18-16(20)15-8-7-14(21-15)12-5-3-4-6-13(12)17/h3-8,10-11,19H,9H2,1-2H3,(H,18,20). The van der Waals surface area contributed by atoms with E-state index in [1.807, 2.05) is 6.92 Å². The van der Waals surface area contributed by atoms with Gasteiger partial charge in [0, 0.05) is 12.6 Å². The van der Waals surface area contributed by atoms with Crippen LogP contribution in [-0.4, -0.2) is 23.7 Å². The van der Waals surface area contributed by atoms with Gasteiger partial charge in [-0.1, -0.05) is 19.1 Å². The van der Waals surface area contributed by atoms with E-state index in [2.05, 4.69) is 5.32 Å². The molecule has 0 radical (unpaired) electrons. The van der Waals surface area contributed by atoms with E-state index in [0.29, 0.717) is 11.3 Å². The van der Waals surface area contributed by atoms with Gasteiger partial charge in [-0.2, -0.15) is 0 Å². The Kier molecular flexibility index (Phi) is 4.75. The molecule has 0 spiro atoms. The molecular formula is C16H18FNO3. The fraction of sp³-hybridized carbons (Fsp3) is 0.312. The number of carbonyl (C=O) groups is 1. The second kappa shape index (κ2) is 6.54. The molecule has 2 N–H and O–H groups in total. The van der Waals surface area contributed by atoms with Crippen molar-refractivity contribution < 1.29 is 18.7 Å². The van der Waals surface area contributed by atoms with Gasteiger partial charge in [-0.15, -0.1) is 0 Å². The maximum absolute atomic E-state index is 13.7. The van der Waals surface area contributed by atoms with Gasteiger partial charge in [-0.25, -0.2) is 4.39 Å². The van der Waals surface area contributed by atoms with Gasteiger partial charge >= 0.3 is 0 Å². The van der Waals surface area contributed by atoms with Crippen LogP contribution in [0.25, 0.3) is 11.3 Å². The largest absolute Gasteiger partial charge is 0.451 e. The Bertz CT molecular complexity index is 623. The van der Waals surface area contributed by atoms with Gasteiger partial charge in [0.25, 0.3) is 5.91 Å². The molecule has 1 aromatic heterocycles. The van der Waals surface area contributed by atoms with Crippen molar-refractivity contribution in [3.63, 3.8) is 0 Å². The molecule has 2 atom stereocenters. The fourth-order valence-electron chi connectivity index (χ4n) is 1.84. The number of halogens is 1. The highest BCUT2D eigenvalue weighted by Gasteiger charge is 2.18. The maximum atomic E-state index is 13.7. The number of hydrogen-bond acceptors (Lipinski definition) is 3. The summed E-state index contributed by atoms with van der Waals surface area (Å²) in [5.74, 6) is -0.423. The Morgan fingerprint density at radius 2 is 2.00 bits per heavy atom. The van der Waals surface area contributed by atoms with Gasteiger partial charge in [-0.3, -0.25) is 4.79 Å². The monoisotopic (exact) mass is 291 g/mol. The number of amides is 1.